The van der Waals surface area contributed by atoms with Crippen LogP contribution in [0.4, 0.5) is 0 Å². The smallest absolute Gasteiger partial charge is 0.237 e. The molecule has 3 heteroatoms. The zero-order valence-electron chi connectivity index (χ0n) is 7.66. The highest BCUT2D eigenvalue weighted by molar-refractivity contribution is 5.84. The van der Waals surface area contributed by atoms with Crippen LogP contribution in [-0.4, -0.2) is 11.4 Å². The molecule has 3 nitrogen and oxygen atoms in total. The molecule has 70 valence electrons. The van der Waals surface area contributed by atoms with E-state index in [9.17, 15) is 4.79 Å². The van der Waals surface area contributed by atoms with Crippen molar-refractivity contribution in [1.82, 2.24) is 0 Å². The molecule has 1 rings (SSSR count). The van der Waals surface area contributed by atoms with E-state index in [-0.39, 0.29) is 0 Å². The van der Waals surface area contributed by atoms with Crippen LogP contribution in [-0.2, 0) is 11.2 Å². The standard InChI is InChI=1S/C10H14N2O/c1-10(12,9(11)13)7-8-5-3-2-4-6-8/h2-6H,7,12H2,1H3,(H2,11,13)/t10-/m0/s1. The maximum absolute atomic E-state index is 10.9. The SMILES string of the molecule is C[C@](N)(Cc1ccccc1)C(N)=O. The van der Waals surface area contributed by atoms with Gasteiger partial charge in [0, 0.05) is 0 Å². The minimum absolute atomic E-state index is 0.475. The number of carbonyl (C=O) groups excluding carboxylic acids is 1. The van der Waals surface area contributed by atoms with Gasteiger partial charge in [-0.1, -0.05) is 30.3 Å². The summed E-state index contributed by atoms with van der Waals surface area (Å²) in [7, 11) is 0. The summed E-state index contributed by atoms with van der Waals surface area (Å²) in [6.45, 7) is 1.64. The zero-order chi connectivity index (χ0) is 9.90. The van der Waals surface area contributed by atoms with Crippen molar-refractivity contribution in [2.24, 2.45) is 11.5 Å². The summed E-state index contributed by atoms with van der Waals surface area (Å²) in [5, 5.41) is 0. The molecule has 0 saturated carbocycles. The molecule has 1 atom stereocenters. The summed E-state index contributed by atoms with van der Waals surface area (Å²) < 4.78 is 0. The largest absolute Gasteiger partial charge is 0.368 e. The maximum Gasteiger partial charge on any atom is 0.237 e. The van der Waals surface area contributed by atoms with Gasteiger partial charge in [-0.3, -0.25) is 4.79 Å². The number of nitrogens with two attached hydrogens (primary N) is 2. The van der Waals surface area contributed by atoms with Gasteiger partial charge in [-0.15, -0.1) is 0 Å². The van der Waals surface area contributed by atoms with Crippen LogP contribution in [0.25, 0.3) is 0 Å². The van der Waals surface area contributed by atoms with Crippen LogP contribution in [0, 0.1) is 0 Å². The van der Waals surface area contributed by atoms with Crippen LogP contribution >= 0.6 is 0 Å². The summed E-state index contributed by atoms with van der Waals surface area (Å²) in [4.78, 5) is 10.9. The molecule has 1 amide bonds. The summed E-state index contributed by atoms with van der Waals surface area (Å²) >= 11 is 0. The first kappa shape index (κ1) is 9.74. The van der Waals surface area contributed by atoms with Gasteiger partial charge in [0.05, 0.1) is 5.54 Å². The topological polar surface area (TPSA) is 69.1 Å². The Hall–Kier alpha value is -1.35. The van der Waals surface area contributed by atoms with E-state index in [2.05, 4.69) is 0 Å². The van der Waals surface area contributed by atoms with Crippen LogP contribution in [0.1, 0.15) is 12.5 Å². The molecular weight excluding hydrogens is 164 g/mol. The molecule has 0 spiro atoms. The van der Waals surface area contributed by atoms with E-state index in [4.69, 9.17) is 11.5 Å². The summed E-state index contributed by atoms with van der Waals surface area (Å²) in [6.07, 6.45) is 0.475. The first-order valence-electron chi connectivity index (χ1n) is 4.15. The Balaban J connectivity index is 2.75. The monoisotopic (exact) mass is 178 g/mol. The summed E-state index contributed by atoms with van der Waals surface area (Å²) in [5.41, 5.74) is 10.9. The fourth-order valence-electron chi connectivity index (χ4n) is 1.11. The third-order valence-electron chi connectivity index (χ3n) is 1.98. The highest BCUT2D eigenvalue weighted by Crippen LogP contribution is 2.09. The van der Waals surface area contributed by atoms with E-state index in [1.807, 2.05) is 30.3 Å². The molecule has 1 aromatic carbocycles. The molecule has 0 fully saturated rings. The van der Waals surface area contributed by atoms with E-state index >= 15 is 0 Å². The Bertz CT molecular complexity index is 293. The van der Waals surface area contributed by atoms with Crippen LogP contribution in [0.2, 0.25) is 0 Å². The van der Waals surface area contributed by atoms with Crippen LogP contribution in [0.3, 0.4) is 0 Å². The molecule has 0 aliphatic rings. The highest BCUT2D eigenvalue weighted by atomic mass is 16.1. The highest BCUT2D eigenvalue weighted by Gasteiger charge is 2.25. The third-order valence-corrected chi connectivity index (χ3v) is 1.98. The third kappa shape index (κ3) is 2.56. The van der Waals surface area contributed by atoms with Crippen molar-refractivity contribution < 1.29 is 4.79 Å². The number of rotatable bonds is 3. The second-order valence-corrected chi connectivity index (χ2v) is 3.44. The number of amides is 1. The lowest BCUT2D eigenvalue weighted by Crippen LogP contribution is -2.50. The molecule has 0 saturated heterocycles. The number of hydrogen-bond acceptors (Lipinski definition) is 2. The zero-order valence-corrected chi connectivity index (χ0v) is 7.66. The van der Waals surface area contributed by atoms with Crippen molar-refractivity contribution in [3.05, 3.63) is 35.9 Å². The van der Waals surface area contributed by atoms with Crippen molar-refractivity contribution in [3.63, 3.8) is 0 Å². The van der Waals surface area contributed by atoms with E-state index < -0.39 is 11.4 Å². The quantitative estimate of drug-likeness (QED) is 0.704. The molecule has 0 heterocycles. The van der Waals surface area contributed by atoms with Gasteiger partial charge in [0.1, 0.15) is 0 Å². The van der Waals surface area contributed by atoms with Gasteiger partial charge in [-0.2, -0.15) is 0 Å². The van der Waals surface area contributed by atoms with Gasteiger partial charge in [0.2, 0.25) is 5.91 Å². The van der Waals surface area contributed by atoms with Gasteiger partial charge in [0.25, 0.3) is 0 Å². The lowest BCUT2D eigenvalue weighted by atomic mass is 9.93. The molecule has 13 heavy (non-hydrogen) atoms. The maximum atomic E-state index is 10.9. The Morgan fingerprint density at radius 3 is 2.38 bits per heavy atom. The molecule has 0 aromatic heterocycles. The van der Waals surface area contributed by atoms with Crippen molar-refractivity contribution in [2.75, 3.05) is 0 Å². The number of primary amides is 1. The summed E-state index contributed by atoms with van der Waals surface area (Å²) in [6, 6.07) is 9.59. The number of benzene rings is 1. The van der Waals surface area contributed by atoms with Gasteiger partial charge in [-0.25, -0.2) is 0 Å². The Morgan fingerprint density at radius 1 is 1.38 bits per heavy atom. The number of hydrogen-bond donors (Lipinski definition) is 2. The van der Waals surface area contributed by atoms with Crippen molar-refractivity contribution in [1.29, 1.82) is 0 Å². The van der Waals surface area contributed by atoms with Crippen LogP contribution < -0.4 is 11.5 Å². The van der Waals surface area contributed by atoms with Crippen molar-refractivity contribution in [3.8, 4) is 0 Å². The summed E-state index contributed by atoms with van der Waals surface area (Å²) in [5.74, 6) is -0.476. The van der Waals surface area contributed by atoms with E-state index in [1.165, 1.54) is 0 Å². The average Bonchev–Trinajstić information content (AvgIpc) is 2.05. The number of carbonyl (C=O) groups is 1. The van der Waals surface area contributed by atoms with Crippen LogP contribution in [0.5, 0.6) is 0 Å². The second-order valence-electron chi connectivity index (χ2n) is 3.44. The fourth-order valence-corrected chi connectivity index (χ4v) is 1.11. The molecule has 0 unspecified atom stereocenters. The van der Waals surface area contributed by atoms with E-state index in [0.717, 1.165) is 5.56 Å². The normalized spacial score (nSPS) is 14.9. The molecule has 0 bridgehead atoms. The van der Waals surface area contributed by atoms with Gasteiger partial charge >= 0.3 is 0 Å². The first-order valence-corrected chi connectivity index (χ1v) is 4.15. The molecule has 0 radical (unpaired) electrons. The Morgan fingerprint density at radius 2 is 1.92 bits per heavy atom. The van der Waals surface area contributed by atoms with E-state index in [0.29, 0.717) is 6.42 Å². The average molecular weight is 178 g/mol. The van der Waals surface area contributed by atoms with Crippen molar-refractivity contribution >= 4 is 5.91 Å². The molecule has 0 aliphatic heterocycles. The molecule has 1 aromatic rings. The van der Waals surface area contributed by atoms with Gasteiger partial charge < -0.3 is 11.5 Å². The lowest BCUT2D eigenvalue weighted by molar-refractivity contribution is -0.122. The molecule has 0 aliphatic carbocycles. The Labute approximate surface area is 77.7 Å². The van der Waals surface area contributed by atoms with Gasteiger partial charge in [-0.05, 0) is 18.9 Å². The predicted molar refractivity (Wildman–Crippen MR) is 51.9 cm³/mol. The van der Waals surface area contributed by atoms with Crippen molar-refractivity contribution in [2.45, 2.75) is 18.9 Å². The lowest BCUT2D eigenvalue weighted by Gasteiger charge is -2.20. The molecular formula is C10H14N2O. The first-order chi connectivity index (χ1) is 6.02. The fraction of sp³-hybridized carbons (Fsp3) is 0.300. The van der Waals surface area contributed by atoms with E-state index in [1.54, 1.807) is 6.92 Å². The molecule has 4 N–H and O–H groups in total. The predicted octanol–water partition coefficient (Wildman–Crippen LogP) is 0.432. The van der Waals surface area contributed by atoms with Gasteiger partial charge in [0.15, 0.2) is 0 Å². The minimum Gasteiger partial charge on any atom is -0.368 e. The minimum atomic E-state index is -0.957. The second kappa shape index (κ2) is 3.58. The van der Waals surface area contributed by atoms with Crippen LogP contribution in [0.15, 0.2) is 30.3 Å². The Kier molecular flexibility index (Phi) is 2.68.